The molecule has 0 fully saturated rings. The third kappa shape index (κ3) is 3.67. The monoisotopic (exact) mass is 623 g/mol. The van der Waals surface area contributed by atoms with Gasteiger partial charge in [0.2, 0.25) is 0 Å². The van der Waals surface area contributed by atoms with Crippen molar-refractivity contribution in [3.05, 3.63) is 163 Å². The molecule has 0 spiro atoms. The maximum atomic E-state index is 10.4. The second-order valence-corrected chi connectivity index (χ2v) is 12.4. The summed E-state index contributed by atoms with van der Waals surface area (Å²) in [7, 11) is 0. The predicted octanol–water partition coefficient (Wildman–Crippen LogP) is 10.7. The fourth-order valence-electron chi connectivity index (χ4n) is 7.96. The standard InChI is InChI=1S/C44H25N5/c45-26-28-11-9-17-32(25-28)47-37-20-8-7-18-35(37)40-38(47)23-21-33-34-22-24-39-41(44(34)49(43(33)40)31-15-5-2-6-16-31)36-19-10-12-29(27-46)42(36)48(39)30-13-3-1-4-14-30/h1-25H. The molecule has 3 aromatic heterocycles. The summed E-state index contributed by atoms with van der Waals surface area (Å²) >= 11 is 0. The molecule has 49 heavy (non-hydrogen) atoms. The minimum absolute atomic E-state index is 0.622. The van der Waals surface area contributed by atoms with Crippen molar-refractivity contribution < 1.29 is 0 Å². The fourth-order valence-corrected chi connectivity index (χ4v) is 7.96. The van der Waals surface area contributed by atoms with Crippen molar-refractivity contribution >= 4 is 65.4 Å². The average Bonchev–Trinajstić information content (AvgIpc) is 3.81. The van der Waals surface area contributed by atoms with Crippen molar-refractivity contribution in [2.24, 2.45) is 0 Å². The lowest BCUT2D eigenvalue weighted by atomic mass is 10.1. The molecule has 0 saturated heterocycles. The van der Waals surface area contributed by atoms with Crippen LogP contribution in [0.15, 0.2) is 152 Å². The summed E-state index contributed by atoms with van der Waals surface area (Å²) in [4.78, 5) is 0. The number of aromatic nitrogens is 3. The summed E-state index contributed by atoms with van der Waals surface area (Å²) in [5.74, 6) is 0. The Hall–Kier alpha value is -7.08. The van der Waals surface area contributed by atoms with Crippen LogP contribution in [0.25, 0.3) is 82.5 Å². The molecule has 3 heterocycles. The molecule has 0 radical (unpaired) electrons. The summed E-state index contributed by atoms with van der Waals surface area (Å²) < 4.78 is 6.93. The zero-order valence-electron chi connectivity index (χ0n) is 26.2. The highest BCUT2D eigenvalue weighted by molar-refractivity contribution is 6.31. The second kappa shape index (κ2) is 10.2. The number of benzene rings is 7. The van der Waals surface area contributed by atoms with E-state index in [1.165, 1.54) is 0 Å². The molecular weight excluding hydrogens is 599 g/mol. The summed E-state index contributed by atoms with van der Waals surface area (Å²) in [6.07, 6.45) is 0. The molecule has 10 aromatic rings. The van der Waals surface area contributed by atoms with Gasteiger partial charge in [-0.2, -0.15) is 10.5 Å². The Morgan fingerprint density at radius 1 is 0.367 bits per heavy atom. The molecule has 226 valence electrons. The van der Waals surface area contributed by atoms with Gasteiger partial charge in [-0.05, 0) is 66.7 Å². The number of hydrogen-bond acceptors (Lipinski definition) is 2. The van der Waals surface area contributed by atoms with Gasteiger partial charge in [-0.1, -0.05) is 84.9 Å². The molecule has 0 unspecified atom stereocenters. The molecule has 10 rings (SSSR count). The van der Waals surface area contributed by atoms with Crippen molar-refractivity contribution in [1.82, 2.24) is 13.7 Å². The van der Waals surface area contributed by atoms with E-state index in [-0.39, 0.29) is 0 Å². The van der Waals surface area contributed by atoms with Gasteiger partial charge in [-0.15, -0.1) is 0 Å². The van der Waals surface area contributed by atoms with E-state index in [0.717, 1.165) is 82.5 Å². The SMILES string of the molecule is N#Cc1cccc(-n2c3ccccc3c3c2ccc2c4ccc5c(c6cccc(C#N)c6n5-c5ccccc5)c4n(-c4ccccc4)c23)c1. The van der Waals surface area contributed by atoms with Crippen LogP contribution in [0.5, 0.6) is 0 Å². The van der Waals surface area contributed by atoms with Gasteiger partial charge in [-0.3, -0.25) is 0 Å². The quantitative estimate of drug-likeness (QED) is 0.197. The third-order valence-corrected chi connectivity index (χ3v) is 9.86. The van der Waals surface area contributed by atoms with Crippen LogP contribution in [0, 0.1) is 22.7 Å². The number of fused-ring (bicyclic) bond motifs is 11. The number of nitrogens with zero attached hydrogens (tertiary/aromatic N) is 5. The second-order valence-electron chi connectivity index (χ2n) is 12.4. The van der Waals surface area contributed by atoms with Gasteiger partial charge in [0.15, 0.2) is 0 Å². The summed E-state index contributed by atoms with van der Waals surface area (Å²) in [5.41, 5.74) is 10.6. The van der Waals surface area contributed by atoms with Crippen molar-refractivity contribution in [3.63, 3.8) is 0 Å². The summed E-state index contributed by atoms with van der Waals surface area (Å²) in [6, 6.07) is 57.0. The Labute approximate surface area is 280 Å². The molecule has 5 heteroatoms. The minimum Gasteiger partial charge on any atom is -0.309 e. The normalized spacial score (nSPS) is 11.6. The van der Waals surface area contributed by atoms with E-state index in [0.29, 0.717) is 11.1 Å². The van der Waals surface area contributed by atoms with Crippen LogP contribution in [0.1, 0.15) is 11.1 Å². The number of nitriles is 2. The fraction of sp³-hybridized carbons (Fsp3) is 0. The van der Waals surface area contributed by atoms with Crippen molar-refractivity contribution in [1.29, 1.82) is 10.5 Å². The first-order valence-electron chi connectivity index (χ1n) is 16.2. The van der Waals surface area contributed by atoms with Gasteiger partial charge < -0.3 is 13.7 Å². The van der Waals surface area contributed by atoms with Crippen LogP contribution in [-0.2, 0) is 0 Å². The van der Waals surface area contributed by atoms with Crippen LogP contribution >= 0.6 is 0 Å². The molecule has 0 bridgehead atoms. The Morgan fingerprint density at radius 3 is 1.63 bits per heavy atom. The van der Waals surface area contributed by atoms with E-state index in [1.54, 1.807) is 0 Å². The predicted molar refractivity (Wildman–Crippen MR) is 199 cm³/mol. The highest BCUT2D eigenvalue weighted by Gasteiger charge is 2.25. The van der Waals surface area contributed by atoms with Crippen molar-refractivity contribution in [2.75, 3.05) is 0 Å². The molecule has 5 nitrogen and oxygen atoms in total. The molecule has 0 atom stereocenters. The van der Waals surface area contributed by atoms with E-state index in [2.05, 4.69) is 129 Å². The lowest BCUT2D eigenvalue weighted by Gasteiger charge is -2.11. The van der Waals surface area contributed by atoms with Gasteiger partial charge in [0.05, 0.1) is 50.3 Å². The first kappa shape index (κ1) is 27.1. The van der Waals surface area contributed by atoms with Gasteiger partial charge in [0.1, 0.15) is 6.07 Å². The highest BCUT2D eigenvalue weighted by Crippen LogP contribution is 2.46. The first-order chi connectivity index (χ1) is 24.3. The Morgan fingerprint density at radius 2 is 0.939 bits per heavy atom. The Bertz CT molecular complexity index is 3050. The third-order valence-electron chi connectivity index (χ3n) is 9.86. The molecule has 0 N–H and O–H groups in total. The van der Waals surface area contributed by atoms with Crippen LogP contribution in [-0.4, -0.2) is 13.7 Å². The molecule has 0 amide bonds. The van der Waals surface area contributed by atoms with E-state index in [4.69, 9.17) is 0 Å². The molecule has 0 aliphatic rings. The topological polar surface area (TPSA) is 62.4 Å². The van der Waals surface area contributed by atoms with Crippen LogP contribution in [0.2, 0.25) is 0 Å². The first-order valence-corrected chi connectivity index (χ1v) is 16.2. The lowest BCUT2D eigenvalue weighted by molar-refractivity contribution is 1.17. The Kier molecular flexibility index (Phi) is 5.64. The minimum atomic E-state index is 0.622. The number of para-hydroxylation sites is 4. The number of hydrogen-bond donors (Lipinski definition) is 0. The van der Waals surface area contributed by atoms with E-state index in [1.807, 2.05) is 48.5 Å². The van der Waals surface area contributed by atoms with Gasteiger partial charge in [0.25, 0.3) is 0 Å². The molecule has 0 aliphatic carbocycles. The van der Waals surface area contributed by atoms with E-state index in [9.17, 15) is 10.5 Å². The summed E-state index contributed by atoms with van der Waals surface area (Å²) in [5, 5.41) is 26.8. The molecule has 7 aromatic carbocycles. The van der Waals surface area contributed by atoms with Crippen LogP contribution in [0.3, 0.4) is 0 Å². The van der Waals surface area contributed by atoms with Crippen LogP contribution < -0.4 is 0 Å². The van der Waals surface area contributed by atoms with E-state index < -0.39 is 0 Å². The highest BCUT2D eigenvalue weighted by atomic mass is 15.0. The average molecular weight is 624 g/mol. The van der Waals surface area contributed by atoms with Crippen LogP contribution in [0.4, 0.5) is 0 Å². The zero-order chi connectivity index (χ0) is 32.6. The van der Waals surface area contributed by atoms with Gasteiger partial charge in [-0.25, -0.2) is 0 Å². The number of rotatable bonds is 3. The molecule has 0 saturated carbocycles. The van der Waals surface area contributed by atoms with Crippen molar-refractivity contribution in [3.8, 4) is 29.2 Å². The maximum Gasteiger partial charge on any atom is 0.101 e. The van der Waals surface area contributed by atoms with Gasteiger partial charge in [0, 0.05) is 49.4 Å². The molecular formula is C44H25N5. The molecule has 0 aliphatic heterocycles. The smallest absolute Gasteiger partial charge is 0.101 e. The maximum absolute atomic E-state index is 10.4. The largest absolute Gasteiger partial charge is 0.309 e. The summed E-state index contributed by atoms with van der Waals surface area (Å²) in [6.45, 7) is 0. The Balaban J connectivity index is 1.48. The van der Waals surface area contributed by atoms with E-state index >= 15 is 0 Å². The zero-order valence-corrected chi connectivity index (χ0v) is 26.2. The lowest BCUT2D eigenvalue weighted by Crippen LogP contribution is -1.96. The van der Waals surface area contributed by atoms with Gasteiger partial charge >= 0.3 is 0 Å². The van der Waals surface area contributed by atoms with Crippen molar-refractivity contribution in [2.45, 2.75) is 0 Å².